The molecule has 1 saturated heterocycles. The van der Waals surface area contributed by atoms with Crippen molar-refractivity contribution in [1.82, 2.24) is 15.2 Å². The van der Waals surface area contributed by atoms with Crippen LogP contribution in [0.15, 0.2) is 24.5 Å². The van der Waals surface area contributed by atoms with Crippen molar-refractivity contribution in [3.63, 3.8) is 0 Å². The van der Waals surface area contributed by atoms with Crippen LogP contribution >= 0.6 is 0 Å². The van der Waals surface area contributed by atoms with Gasteiger partial charge in [-0.1, -0.05) is 27.7 Å². The van der Waals surface area contributed by atoms with Gasteiger partial charge in [-0.25, -0.2) is 4.79 Å². The Labute approximate surface area is 148 Å². The van der Waals surface area contributed by atoms with Gasteiger partial charge in [0.2, 0.25) is 5.91 Å². The standard InChI is InChI=1S/C19H27N3O3/c1-18(2,3)15(16(23)22-10-14-9-19(14,4)12-22)21-17(24)25-11-13-5-7-20-8-6-13/h5-8,14-15H,9-12H2,1-4H3,(H,21,24)/t14-,15+,19+/m0/s1. The summed E-state index contributed by atoms with van der Waals surface area (Å²) in [5.74, 6) is 0.609. The lowest BCUT2D eigenvalue weighted by atomic mass is 9.86. The number of alkyl carbamates (subject to hydrolysis) is 1. The molecule has 2 fully saturated rings. The Bertz CT molecular complexity index is 656. The summed E-state index contributed by atoms with van der Waals surface area (Å²) >= 11 is 0. The number of carbonyl (C=O) groups excluding carboxylic acids is 2. The van der Waals surface area contributed by atoms with E-state index in [1.165, 1.54) is 6.42 Å². The number of rotatable bonds is 4. The molecule has 25 heavy (non-hydrogen) atoms. The third-order valence-corrected chi connectivity index (χ3v) is 5.34. The molecule has 2 aliphatic rings. The Balaban J connectivity index is 1.59. The molecule has 0 aromatic carbocycles. The fourth-order valence-electron chi connectivity index (χ4n) is 3.54. The Hall–Kier alpha value is -2.11. The number of hydrogen-bond donors (Lipinski definition) is 1. The highest BCUT2D eigenvalue weighted by molar-refractivity contribution is 5.87. The van der Waals surface area contributed by atoms with Crippen LogP contribution in [0.4, 0.5) is 4.79 Å². The highest BCUT2D eigenvalue weighted by atomic mass is 16.5. The molecule has 136 valence electrons. The number of nitrogens with one attached hydrogen (secondary N) is 1. The molecule has 1 aliphatic carbocycles. The second-order valence-electron chi connectivity index (χ2n) is 8.65. The third kappa shape index (κ3) is 3.94. The lowest BCUT2D eigenvalue weighted by Crippen LogP contribution is -2.54. The van der Waals surface area contributed by atoms with E-state index in [2.05, 4.69) is 17.2 Å². The molecular weight excluding hydrogens is 318 g/mol. The van der Waals surface area contributed by atoms with Crippen LogP contribution < -0.4 is 5.32 Å². The summed E-state index contributed by atoms with van der Waals surface area (Å²) in [6.07, 6.45) is 3.94. The normalized spacial score (nSPS) is 25.9. The van der Waals surface area contributed by atoms with Gasteiger partial charge in [0.1, 0.15) is 12.6 Å². The minimum Gasteiger partial charge on any atom is -0.445 e. The lowest BCUT2D eigenvalue weighted by molar-refractivity contribution is -0.135. The number of likely N-dealkylation sites (tertiary alicyclic amines) is 1. The van der Waals surface area contributed by atoms with Crippen molar-refractivity contribution in [3.8, 4) is 0 Å². The van der Waals surface area contributed by atoms with Crippen LogP contribution in [-0.2, 0) is 16.1 Å². The Morgan fingerprint density at radius 1 is 1.40 bits per heavy atom. The summed E-state index contributed by atoms with van der Waals surface area (Å²) in [6, 6.07) is 2.98. The van der Waals surface area contributed by atoms with Crippen LogP contribution in [0, 0.1) is 16.7 Å². The van der Waals surface area contributed by atoms with E-state index in [9.17, 15) is 9.59 Å². The van der Waals surface area contributed by atoms with Gasteiger partial charge in [0.05, 0.1) is 0 Å². The van der Waals surface area contributed by atoms with E-state index < -0.39 is 12.1 Å². The molecule has 0 spiro atoms. The number of pyridine rings is 1. The van der Waals surface area contributed by atoms with Crippen molar-refractivity contribution < 1.29 is 14.3 Å². The number of aromatic nitrogens is 1. The maximum absolute atomic E-state index is 13.0. The summed E-state index contributed by atoms with van der Waals surface area (Å²) in [5, 5.41) is 2.78. The number of ether oxygens (including phenoxy) is 1. The van der Waals surface area contributed by atoms with Crippen LogP contribution in [-0.4, -0.2) is 41.0 Å². The number of amides is 2. The van der Waals surface area contributed by atoms with E-state index in [1.54, 1.807) is 24.5 Å². The van der Waals surface area contributed by atoms with Crippen LogP contribution in [0.1, 0.15) is 39.7 Å². The molecule has 1 aliphatic heterocycles. The lowest BCUT2D eigenvalue weighted by Gasteiger charge is -2.34. The highest BCUT2D eigenvalue weighted by Crippen LogP contribution is 2.57. The summed E-state index contributed by atoms with van der Waals surface area (Å²) in [6.45, 7) is 9.84. The van der Waals surface area contributed by atoms with Gasteiger partial charge in [-0.3, -0.25) is 9.78 Å². The van der Waals surface area contributed by atoms with Gasteiger partial charge in [0.15, 0.2) is 0 Å². The van der Waals surface area contributed by atoms with Crippen LogP contribution in [0.25, 0.3) is 0 Å². The zero-order valence-electron chi connectivity index (χ0n) is 15.4. The first-order chi connectivity index (χ1) is 11.7. The first-order valence-electron chi connectivity index (χ1n) is 8.80. The van der Waals surface area contributed by atoms with Gasteiger partial charge in [0, 0.05) is 25.5 Å². The summed E-state index contributed by atoms with van der Waals surface area (Å²) in [7, 11) is 0. The van der Waals surface area contributed by atoms with Crippen molar-refractivity contribution in [2.75, 3.05) is 13.1 Å². The van der Waals surface area contributed by atoms with Gasteiger partial charge >= 0.3 is 6.09 Å². The van der Waals surface area contributed by atoms with E-state index in [-0.39, 0.29) is 17.9 Å². The Morgan fingerprint density at radius 2 is 2.08 bits per heavy atom. The topological polar surface area (TPSA) is 71.5 Å². The minimum absolute atomic E-state index is 0.0122. The minimum atomic E-state index is -0.599. The van der Waals surface area contributed by atoms with Gasteiger partial charge < -0.3 is 15.0 Å². The summed E-state index contributed by atoms with van der Waals surface area (Å²) in [5.41, 5.74) is 0.761. The number of carbonyl (C=O) groups is 2. The highest BCUT2D eigenvalue weighted by Gasteiger charge is 2.58. The molecule has 6 heteroatoms. The van der Waals surface area contributed by atoms with E-state index in [4.69, 9.17) is 4.74 Å². The van der Waals surface area contributed by atoms with Crippen LogP contribution in [0.3, 0.4) is 0 Å². The van der Waals surface area contributed by atoms with Crippen molar-refractivity contribution in [2.45, 2.75) is 46.8 Å². The second kappa shape index (κ2) is 6.32. The van der Waals surface area contributed by atoms with Gasteiger partial charge in [-0.2, -0.15) is 0 Å². The van der Waals surface area contributed by atoms with E-state index in [1.807, 2.05) is 25.7 Å². The van der Waals surface area contributed by atoms with Gasteiger partial charge in [0.25, 0.3) is 0 Å². The van der Waals surface area contributed by atoms with E-state index in [0.29, 0.717) is 11.3 Å². The molecular formula is C19H27N3O3. The molecule has 1 aromatic heterocycles. The average molecular weight is 345 g/mol. The molecule has 1 aromatic rings. The summed E-state index contributed by atoms with van der Waals surface area (Å²) in [4.78, 5) is 31.0. The van der Waals surface area contributed by atoms with Gasteiger partial charge in [-0.05, 0) is 40.9 Å². The number of nitrogens with zero attached hydrogens (tertiary/aromatic N) is 2. The van der Waals surface area contributed by atoms with E-state index in [0.717, 1.165) is 18.7 Å². The molecule has 6 nitrogen and oxygen atoms in total. The zero-order chi connectivity index (χ0) is 18.2. The molecule has 1 N–H and O–H groups in total. The smallest absolute Gasteiger partial charge is 0.408 e. The molecule has 3 rings (SSSR count). The molecule has 0 radical (unpaired) electrons. The third-order valence-electron chi connectivity index (χ3n) is 5.34. The predicted octanol–water partition coefficient (Wildman–Crippen LogP) is 2.59. The molecule has 0 bridgehead atoms. The van der Waals surface area contributed by atoms with Crippen molar-refractivity contribution in [2.24, 2.45) is 16.7 Å². The fraction of sp³-hybridized carbons (Fsp3) is 0.632. The van der Waals surface area contributed by atoms with Crippen LogP contribution in [0.5, 0.6) is 0 Å². The first-order valence-corrected chi connectivity index (χ1v) is 8.80. The number of piperidine rings is 1. The first kappa shape index (κ1) is 17.7. The van der Waals surface area contributed by atoms with Crippen molar-refractivity contribution in [1.29, 1.82) is 0 Å². The second-order valence-corrected chi connectivity index (χ2v) is 8.65. The quantitative estimate of drug-likeness (QED) is 0.910. The Kier molecular flexibility index (Phi) is 4.47. The SMILES string of the molecule is CC(C)(C)[C@H](NC(=O)OCc1ccncc1)C(=O)N1C[C@@H]2C[C@]2(C)C1. The van der Waals surface area contributed by atoms with Crippen molar-refractivity contribution >= 4 is 12.0 Å². The number of fused-ring (bicyclic) bond motifs is 1. The maximum Gasteiger partial charge on any atom is 0.408 e. The molecule has 3 atom stereocenters. The largest absolute Gasteiger partial charge is 0.445 e. The summed E-state index contributed by atoms with van der Waals surface area (Å²) < 4.78 is 5.27. The fourth-order valence-corrected chi connectivity index (χ4v) is 3.54. The van der Waals surface area contributed by atoms with Crippen LogP contribution in [0.2, 0.25) is 0 Å². The molecule has 1 saturated carbocycles. The molecule has 0 unspecified atom stereocenters. The molecule has 2 amide bonds. The monoisotopic (exact) mass is 345 g/mol. The van der Waals surface area contributed by atoms with E-state index >= 15 is 0 Å². The number of hydrogen-bond acceptors (Lipinski definition) is 4. The maximum atomic E-state index is 13.0. The zero-order valence-corrected chi connectivity index (χ0v) is 15.4. The Morgan fingerprint density at radius 3 is 2.64 bits per heavy atom. The van der Waals surface area contributed by atoms with Gasteiger partial charge in [-0.15, -0.1) is 0 Å². The average Bonchev–Trinajstić information content (AvgIpc) is 3.07. The molecule has 2 heterocycles. The predicted molar refractivity (Wildman–Crippen MR) is 93.6 cm³/mol. The van der Waals surface area contributed by atoms with Crippen molar-refractivity contribution in [3.05, 3.63) is 30.1 Å².